The molecular formula is C12H14N2S. The molecule has 0 aliphatic heterocycles. The summed E-state index contributed by atoms with van der Waals surface area (Å²) < 4.78 is 0. The lowest BCUT2D eigenvalue weighted by atomic mass is 10.1. The third-order valence-electron chi connectivity index (χ3n) is 2.25. The summed E-state index contributed by atoms with van der Waals surface area (Å²) in [7, 11) is 0. The predicted octanol–water partition coefficient (Wildman–Crippen LogP) is 3.14. The molecule has 2 nitrogen and oxygen atoms in total. The van der Waals surface area contributed by atoms with Gasteiger partial charge < -0.3 is 5.73 Å². The third-order valence-corrected chi connectivity index (χ3v) is 3.16. The number of aryl methyl sites for hydroxylation is 1. The maximum absolute atomic E-state index is 5.78. The van der Waals surface area contributed by atoms with Gasteiger partial charge in [0.2, 0.25) is 0 Å². The van der Waals surface area contributed by atoms with Gasteiger partial charge >= 0.3 is 0 Å². The van der Waals surface area contributed by atoms with E-state index in [1.807, 2.05) is 12.3 Å². The van der Waals surface area contributed by atoms with Crippen molar-refractivity contribution in [2.75, 3.05) is 0 Å². The molecule has 0 radical (unpaired) electrons. The molecule has 0 amide bonds. The third kappa shape index (κ3) is 2.25. The SMILES string of the molecule is Cc1cccc(-c2nc([C@H](C)N)cs2)c1. The monoisotopic (exact) mass is 218 g/mol. The second kappa shape index (κ2) is 4.13. The molecule has 0 unspecified atom stereocenters. The Morgan fingerprint density at radius 2 is 2.20 bits per heavy atom. The number of nitrogens with zero attached hydrogens (tertiary/aromatic N) is 1. The van der Waals surface area contributed by atoms with Crippen LogP contribution in [0.1, 0.15) is 24.2 Å². The van der Waals surface area contributed by atoms with E-state index in [0.717, 1.165) is 10.7 Å². The van der Waals surface area contributed by atoms with Crippen LogP contribution in [0.3, 0.4) is 0 Å². The Balaban J connectivity index is 2.37. The lowest BCUT2D eigenvalue weighted by Gasteiger charge is -1.99. The average Bonchev–Trinajstić information content (AvgIpc) is 2.66. The summed E-state index contributed by atoms with van der Waals surface area (Å²) in [4.78, 5) is 4.51. The lowest BCUT2D eigenvalue weighted by Crippen LogP contribution is -2.04. The van der Waals surface area contributed by atoms with Gasteiger partial charge in [0.1, 0.15) is 5.01 Å². The second-order valence-electron chi connectivity index (χ2n) is 3.74. The largest absolute Gasteiger partial charge is 0.323 e. The molecule has 15 heavy (non-hydrogen) atoms. The van der Waals surface area contributed by atoms with Crippen LogP contribution in [0.5, 0.6) is 0 Å². The number of thiazole rings is 1. The fraction of sp³-hybridized carbons (Fsp3) is 0.250. The van der Waals surface area contributed by atoms with Gasteiger partial charge in [-0.3, -0.25) is 0 Å². The van der Waals surface area contributed by atoms with Gasteiger partial charge in [0.25, 0.3) is 0 Å². The molecule has 78 valence electrons. The summed E-state index contributed by atoms with van der Waals surface area (Å²) in [6.45, 7) is 4.04. The molecule has 0 aliphatic carbocycles. The van der Waals surface area contributed by atoms with Crippen molar-refractivity contribution in [3.05, 3.63) is 40.9 Å². The minimum absolute atomic E-state index is 0.0137. The van der Waals surface area contributed by atoms with Crippen molar-refractivity contribution < 1.29 is 0 Å². The maximum Gasteiger partial charge on any atom is 0.123 e. The summed E-state index contributed by atoms with van der Waals surface area (Å²) in [6, 6.07) is 8.38. The fourth-order valence-electron chi connectivity index (χ4n) is 1.41. The molecule has 2 aromatic rings. The van der Waals surface area contributed by atoms with Crippen LogP contribution in [-0.2, 0) is 0 Å². The fourth-order valence-corrected chi connectivity index (χ4v) is 2.33. The van der Waals surface area contributed by atoms with Crippen molar-refractivity contribution in [1.82, 2.24) is 4.98 Å². The number of aromatic nitrogens is 1. The Morgan fingerprint density at radius 3 is 2.80 bits per heavy atom. The quantitative estimate of drug-likeness (QED) is 0.841. The zero-order valence-corrected chi connectivity index (χ0v) is 9.71. The summed E-state index contributed by atoms with van der Waals surface area (Å²) >= 11 is 1.65. The lowest BCUT2D eigenvalue weighted by molar-refractivity contribution is 0.790. The molecule has 0 saturated carbocycles. The van der Waals surface area contributed by atoms with E-state index in [1.165, 1.54) is 11.1 Å². The molecule has 0 fully saturated rings. The van der Waals surface area contributed by atoms with Crippen molar-refractivity contribution in [1.29, 1.82) is 0 Å². The van der Waals surface area contributed by atoms with E-state index in [2.05, 4.69) is 36.2 Å². The van der Waals surface area contributed by atoms with Crippen LogP contribution in [0.15, 0.2) is 29.6 Å². The highest BCUT2D eigenvalue weighted by Crippen LogP contribution is 2.25. The Hall–Kier alpha value is -1.19. The number of hydrogen-bond donors (Lipinski definition) is 1. The summed E-state index contributed by atoms with van der Waals surface area (Å²) in [5.74, 6) is 0. The van der Waals surface area contributed by atoms with E-state index in [4.69, 9.17) is 5.73 Å². The van der Waals surface area contributed by atoms with E-state index < -0.39 is 0 Å². The number of benzene rings is 1. The topological polar surface area (TPSA) is 38.9 Å². The van der Waals surface area contributed by atoms with E-state index in [9.17, 15) is 0 Å². The first-order valence-corrected chi connectivity index (χ1v) is 5.83. The number of nitrogens with two attached hydrogens (primary N) is 1. The van der Waals surface area contributed by atoms with Crippen molar-refractivity contribution >= 4 is 11.3 Å². The van der Waals surface area contributed by atoms with Crippen LogP contribution >= 0.6 is 11.3 Å². The van der Waals surface area contributed by atoms with Crippen LogP contribution in [0, 0.1) is 6.92 Å². The van der Waals surface area contributed by atoms with Crippen molar-refractivity contribution in [2.45, 2.75) is 19.9 Å². The molecule has 1 atom stereocenters. The van der Waals surface area contributed by atoms with Gasteiger partial charge in [0.05, 0.1) is 5.69 Å². The Morgan fingerprint density at radius 1 is 1.40 bits per heavy atom. The molecule has 2 N–H and O–H groups in total. The smallest absolute Gasteiger partial charge is 0.123 e. The normalized spacial score (nSPS) is 12.7. The van der Waals surface area contributed by atoms with Crippen LogP contribution in [0.25, 0.3) is 10.6 Å². The molecule has 0 saturated heterocycles. The van der Waals surface area contributed by atoms with Crippen LogP contribution < -0.4 is 5.73 Å². The highest BCUT2D eigenvalue weighted by atomic mass is 32.1. The Kier molecular flexibility index (Phi) is 2.84. The molecule has 1 aromatic carbocycles. The van der Waals surface area contributed by atoms with Gasteiger partial charge in [-0.1, -0.05) is 23.8 Å². The molecule has 0 spiro atoms. The van der Waals surface area contributed by atoms with Gasteiger partial charge in [-0.05, 0) is 19.9 Å². The van der Waals surface area contributed by atoms with Gasteiger partial charge in [-0.15, -0.1) is 11.3 Å². The summed E-state index contributed by atoms with van der Waals surface area (Å²) in [5, 5.41) is 3.08. The van der Waals surface area contributed by atoms with Gasteiger partial charge in [0.15, 0.2) is 0 Å². The molecule has 3 heteroatoms. The zero-order chi connectivity index (χ0) is 10.8. The molecule has 0 bridgehead atoms. The Bertz CT molecular complexity index is 460. The Labute approximate surface area is 93.8 Å². The zero-order valence-electron chi connectivity index (χ0n) is 8.90. The second-order valence-corrected chi connectivity index (χ2v) is 4.59. The van der Waals surface area contributed by atoms with Crippen molar-refractivity contribution in [3.63, 3.8) is 0 Å². The highest BCUT2D eigenvalue weighted by Gasteiger charge is 2.07. The van der Waals surface area contributed by atoms with E-state index >= 15 is 0 Å². The first-order chi connectivity index (χ1) is 7.16. The number of hydrogen-bond acceptors (Lipinski definition) is 3. The molecule has 1 aromatic heterocycles. The van der Waals surface area contributed by atoms with Crippen molar-refractivity contribution in [3.8, 4) is 10.6 Å². The van der Waals surface area contributed by atoms with Gasteiger partial charge in [-0.25, -0.2) is 4.98 Å². The first-order valence-electron chi connectivity index (χ1n) is 4.95. The van der Waals surface area contributed by atoms with Crippen LogP contribution in [-0.4, -0.2) is 4.98 Å². The van der Waals surface area contributed by atoms with E-state index in [-0.39, 0.29) is 6.04 Å². The minimum atomic E-state index is 0.0137. The van der Waals surface area contributed by atoms with Crippen molar-refractivity contribution in [2.24, 2.45) is 5.73 Å². The molecule has 2 rings (SSSR count). The summed E-state index contributed by atoms with van der Waals surface area (Å²) in [6.07, 6.45) is 0. The number of rotatable bonds is 2. The van der Waals surface area contributed by atoms with E-state index in [1.54, 1.807) is 11.3 Å². The standard InChI is InChI=1S/C12H14N2S/c1-8-4-3-5-10(6-8)12-14-11(7-15-12)9(2)13/h3-7,9H,13H2,1-2H3/t9-/m0/s1. The first kappa shape index (κ1) is 10.3. The van der Waals surface area contributed by atoms with Crippen LogP contribution in [0.2, 0.25) is 0 Å². The maximum atomic E-state index is 5.78. The molecule has 1 heterocycles. The van der Waals surface area contributed by atoms with Gasteiger partial charge in [0, 0.05) is 17.0 Å². The molecular weight excluding hydrogens is 204 g/mol. The average molecular weight is 218 g/mol. The van der Waals surface area contributed by atoms with E-state index in [0.29, 0.717) is 0 Å². The van der Waals surface area contributed by atoms with Crippen LogP contribution in [0.4, 0.5) is 0 Å². The minimum Gasteiger partial charge on any atom is -0.323 e. The predicted molar refractivity (Wildman–Crippen MR) is 64.9 cm³/mol. The molecule has 0 aliphatic rings. The summed E-state index contributed by atoms with van der Waals surface area (Å²) in [5.41, 5.74) is 9.18. The van der Waals surface area contributed by atoms with Gasteiger partial charge in [-0.2, -0.15) is 0 Å². The highest BCUT2D eigenvalue weighted by molar-refractivity contribution is 7.13.